The van der Waals surface area contributed by atoms with Crippen molar-refractivity contribution in [1.29, 1.82) is 0 Å². The van der Waals surface area contributed by atoms with Gasteiger partial charge in [-0.1, -0.05) is 156 Å². The molecule has 2 saturated heterocycles. The van der Waals surface area contributed by atoms with E-state index >= 15 is 0 Å². The third-order valence-corrected chi connectivity index (χ3v) is 17.5. The molecule has 1 aliphatic carbocycles. The van der Waals surface area contributed by atoms with E-state index in [4.69, 9.17) is 0 Å². The van der Waals surface area contributed by atoms with Gasteiger partial charge in [0.05, 0.1) is 0 Å². The minimum Gasteiger partial charge on any atom is -0.507 e. The van der Waals surface area contributed by atoms with E-state index in [2.05, 4.69) is 190 Å². The van der Waals surface area contributed by atoms with Crippen molar-refractivity contribution in [2.24, 2.45) is 0 Å². The van der Waals surface area contributed by atoms with E-state index in [-0.39, 0.29) is 94.7 Å². The maximum absolute atomic E-state index is 12.7. The molecule has 0 aromatic heterocycles. The van der Waals surface area contributed by atoms with Crippen molar-refractivity contribution in [3.05, 3.63) is 173 Å². The van der Waals surface area contributed by atoms with E-state index in [9.17, 15) is 30.6 Å². The van der Waals surface area contributed by atoms with Gasteiger partial charge in [0.25, 0.3) is 0 Å². The minimum atomic E-state index is -0.306. The lowest BCUT2D eigenvalue weighted by Crippen LogP contribution is -2.43. The first-order chi connectivity index (χ1) is 37.4. The number of hydrogen-bond acceptors (Lipinski definition) is 10. The zero-order chi connectivity index (χ0) is 58.0. The van der Waals surface area contributed by atoms with Gasteiger partial charge < -0.3 is 40.4 Å². The van der Waals surface area contributed by atoms with Crippen LogP contribution in [0.3, 0.4) is 0 Å². The molecule has 10 nitrogen and oxygen atoms in total. The molecule has 0 radical (unpaired) electrons. The molecule has 2 aliphatic heterocycles. The largest absolute Gasteiger partial charge is 0.507 e. The maximum Gasteiger partial charge on any atom is 0.122 e. The molecule has 2 fully saturated rings. The summed E-state index contributed by atoms with van der Waals surface area (Å²) in [7, 11) is 4.31. The Labute approximate surface area is 478 Å². The Morgan fingerprint density at radius 1 is 0.275 bits per heavy atom. The number of phenols is 6. The minimum absolute atomic E-state index is 0.125. The van der Waals surface area contributed by atoms with Gasteiger partial charge in [-0.25, -0.2) is 0 Å². The topological polar surface area (TPSA) is 134 Å². The standard InChI is InChI=1S/C70H92N4O6/c1-67(2,3)57-33-49-27-45-23-43(41-73-19-15-71(13)16-20-73)24-46(61(45)75)28-51-35-59(69(7,8)9)39-55(65(51)79)32-56-40-60(70(10,11)12)36-52(66(56)80)30-48-26-44(42-74-21-17-72(14)18-22-74)25-47(62(48)76)29-50-34-58(68(4,5)6)38-54(64(50)78)31-53(37-57)63(49)77/h23-26,33-40,75-80H,15-22,27-32,41-42H2,1-14H3. The summed E-state index contributed by atoms with van der Waals surface area (Å²) >= 11 is 0. The number of aromatic hydroxyl groups is 6. The van der Waals surface area contributed by atoms with Gasteiger partial charge in [-0.05, 0) is 136 Å². The van der Waals surface area contributed by atoms with Gasteiger partial charge in [0.1, 0.15) is 34.5 Å². The quantitative estimate of drug-likeness (QED) is 0.101. The van der Waals surface area contributed by atoms with Gasteiger partial charge in [-0.15, -0.1) is 0 Å². The van der Waals surface area contributed by atoms with Crippen LogP contribution in [0.2, 0.25) is 0 Å². The van der Waals surface area contributed by atoms with Crippen molar-refractivity contribution in [1.82, 2.24) is 19.6 Å². The van der Waals surface area contributed by atoms with Crippen molar-refractivity contribution in [2.45, 2.75) is 156 Å². The highest BCUT2D eigenvalue weighted by Gasteiger charge is 2.29. The first-order valence-corrected chi connectivity index (χ1v) is 29.3. The number of fused-ring (bicyclic) bond motifs is 12. The van der Waals surface area contributed by atoms with Crippen LogP contribution < -0.4 is 0 Å². The van der Waals surface area contributed by atoms with Crippen LogP contribution in [-0.4, -0.2) is 117 Å². The number of phenolic OH excluding ortho intramolecular Hbond substituents is 6. The van der Waals surface area contributed by atoms with Crippen molar-refractivity contribution >= 4 is 0 Å². The van der Waals surface area contributed by atoms with Gasteiger partial charge in [-0.2, -0.15) is 0 Å². The Balaban J connectivity index is 1.30. The van der Waals surface area contributed by atoms with Crippen molar-refractivity contribution < 1.29 is 30.6 Å². The number of benzene rings is 6. The summed E-state index contributed by atoms with van der Waals surface area (Å²) in [5, 5.41) is 75.9. The number of hydrogen-bond donors (Lipinski definition) is 6. The Morgan fingerprint density at radius 3 is 0.600 bits per heavy atom. The lowest BCUT2D eigenvalue weighted by Gasteiger charge is -2.32. The smallest absolute Gasteiger partial charge is 0.122 e. The third-order valence-electron chi connectivity index (χ3n) is 17.5. The SMILES string of the molecule is CN1CCN(Cc2cc3c(O)c(c2)Cc2cc(C(C)(C)C)cc(c2O)Cc2cc(C(C)(C)C)cc(c2O)Cc2cc(CN4CCN(C)CC4)cc(c2O)Cc2cc(C(C)(C)C)cc(c2O)Cc2cc(C(C)(C)C)cc(c2O)C3)CC1. The summed E-state index contributed by atoms with van der Waals surface area (Å²) in [4.78, 5) is 9.60. The maximum atomic E-state index is 12.7. The van der Waals surface area contributed by atoms with Crippen LogP contribution in [-0.2, 0) is 73.3 Å². The predicted molar refractivity (Wildman–Crippen MR) is 326 cm³/mol. The summed E-state index contributed by atoms with van der Waals surface area (Å²) in [5.41, 5.74) is 13.1. The third kappa shape index (κ3) is 13.2. The summed E-state index contributed by atoms with van der Waals surface area (Å²) in [6, 6.07) is 24.9. The van der Waals surface area contributed by atoms with E-state index in [1.165, 1.54) is 0 Å². The Bertz CT molecular complexity index is 2870. The van der Waals surface area contributed by atoms with Crippen LogP contribution in [0.5, 0.6) is 34.5 Å². The van der Waals surface area contributed by atoms with Crippen LogP contribution in [0.1, 0.15) is 183 Å². The number of piperazine rings is 2. The Morgan fingerprint density at radius 2 is 0.438 bits per heavy atom. The van der Waals surface area contributed by atoms with Crippen LogP contribution in [0.15, 0.2) is 72.8 Å². The molecule has 6 aromatic carbocycles. The molecular formula is C70H92N4O6. The lowest BCUT2D eigenvalue weighted by atomic mass is 9.80. The Hall–Kier alpha value is -6.04. The molecule has 0 unspecified atom stereocenters. The summed E-state index contributed by atoms with van der Waals surface area (Å²) in [6.45, 7) is 34.9. The molecule has 2 heterocycles. The molecule has 0 amide bonds. The molecule has 6 aromatic rings. The second-order valence-corrected chi connectivity index (χ2v) is 28.3. The molecule has 0 saturated carbocycles. The molecule has 428 valence electrons. The molecule has 0 atom stereocenters. The predicted octanol–water partition coefficient (Wildman–Crippen LogP) is 12.5. The van der Waals surface area contributed by atoms with Gasteiger partial charge in [-0.3, -0.25) is 9.80 Å². The van der Waals surface area contributed by atoms with E-state index in [1.54, 1.807) is 0 Å². The van der Waals surface area contributed by atoms with Gasteiger partial charge in [0, 0.05) is 104 Å². The molecular weight excluding hydrogens is 993 g/mol. The zero-order valence-corrected chi connectivity index (χ0v) is 50.7. The second kappa shape index (κ2) is 22.4. The van der Waals surface area contributed by atoms with Crippen molar-refractivity contribution in [3.63, 3.8) is 0 Å². The second-order valence-electron chi connectivity index (χ2n) is 28.3. The van der Waals surface area contributed by atoms with E-state index in [0.29, 0.717) is 79.9 Å². The fraction of sp³-hybridized carbons (Fsp3) is 0.486. The fourth-order valence-electron chi connectivity index (χ4n) is 12.0. The highest BCUT2D eigenvalue weighted by atomic mass is 16.3. The number of rotatable bonds is 4. The average Bonchev–Trinajstić information content (AvgIpc) is 3.41. The summed E-state index contributed by atoms with van der Waals surface area (Å²) in [6.07, 6.45) is 1.46. The Kier molecular flexibility index (Phi) is 16.4. The first-order valence-electron chi connectivity index (χ1n) is 29.3. The summed E-state index contributed by atoms with van der Waals surface area (Å²) < 4.78 is 0. The van der Waals surface area contributed by atoms with E-state index in [0.717, 1.165) is 85.7 Å². The average molecular weight is 1090 g/mol. The van der Waals surface area contributed by atoms with Crippen LogP contribution in [0.25, 0.3) is 0 Å². The van der Waals surface area contributed by atoms with Gasteiger partial charge >= 0.3 is 0 Å². The monoisotopic (exact) mass is 1080 g/mol. The van der Waals surface area contributed by atoms with E-state index in [1.807, 2.05) is 0 Å². The fourth-order valence-corrected chi connectivity index (χ4v) is 12.0. The first kappa shape index (κ1) is 58.6. The summed E-state index contributed by atoms with van der Waals surface area (Å²) in [5.74, 6) is 0.758. The zero-order valence-electron chi connectivity index (χ0n) is 50.7. The van der Waals surface area contributed by atoms with Crippen molar-refractivity contribution in [2.75, 3.05) is 66.5 Å². The normalized spacial score (nSPS) is 16.9. The lowest BCUT2D eigenvalue weighted by molar-refractivity contribution is 0.148. The van der Waals surface area contributed by atoms with E-state index < -0.39 is 0 Å². The van der Waals surface area contributed by atoms with Crippen LogP contribution in [0.4, 0.5) is 0 Å². The molecule has 9 rings (SSSR count). The van der Waals surface area contributed by atoms with Gasteiger partial charge in [0.15, 0.2) is 0 Å². The van der Waals surface area contributed by atoms with Crippen molar-refractivity contribution in [3.8, 4) is 34.5 Å². The molecule has 0 spiro atoms. The molecule has 12 bridgehead atoms. The molecule has 10 heteroatoms. The van der Waals surface area contributed by atoms with Gasteiger partial charge in [0.2, 0.25) is 0 Å². The highest BCUT2D eigenvalue weighted by Crippen LogP contribution is 2.44. The van der Waals surface area contributed by atoms with Crippen LogP contribution in [0, 0.1) is 0 Å². The molecule has 3 aliphatic rings. The molecule has 80 heavy (non-hydrogen) atoms. The number of nitrogens with zero attached hydrogens (tertiary/aromatic N) is 4. The molecule has 6 N–H and O–H groups in total. The highest BCUT2D eigenvalue weighted by molar-refractivity contribution is 5.60. The number of likely N-dealkylation sites (N-methyl/N-ethyl adjacent to an activating group) is 2. The van der Waals surface area contributed by atoms with Crippen LogP contribution >= 0.6 is 0 Å².